The Kier molecular flexibility index (Phi) is 0.961. The van der Waals surface area contributed by atoms with Gasteiger partial charge in [-0.25, -0.2) is 0 Å². The first kappa shape index (κ1) is 6.44. The minimum atomic E-state index is -0.659. The molecule has 0 saturated heterocycles. The van der Waals surface area contributed by atoms with Crippen LogP contribution in [0.5, 0.6) is 0 Å². The van der Waals surface area contributed by atoms with Crippen molar-refractivity contribution in [3.05, 3.63) is 0 Å². The smallest absolute Gasteiger partial charge is 0.0938 e. The molecule has 2 N–H and O–H groups in total. The Morgan fingerprint density at radius 2 is 1.73 bits per heavy atom. The maximum Gasteiger partial charge on any atom is 0.0938 e. The molecule has 4 unspecified atom stereocenters. The molecule has 2 bridgehead atoms. The highest BCUT2D eigenvalue weighted by Gasteiger charge is 2.69. The van der Waals surface area contributed by atoms with Crippen LogP contribution in [-0.2, 0) is 0 Å². The maximum absolute atomic E-state index is 10.1. The molecule has 0 spiro atoms. The van der Waals surface area contributed by atoms with Crippen LogP contribution in [0.1, 0.15) is 19.3 Å². The van der Waals surface area contributed by atoms with Crippen molar-refractivity contribution in [2.75, 3.05) is 6.61 Å². The van der Waals surface area contributed by atoms with E-state index in [0.717, 1.165) is 24.7 Å². The molecule has 0 amide bonds. The fourth-order valence-corrected chi connectivity index (χ4v) is 3.70. The summed E-state index contributed by atoms with van der Waals surface area (Å²) in [6, 6.07) is 0. The maximum atomic E-state index is 10.1. The standard InChI is InChI=1S/C9H14O2/c10-4-9(11)7-1-2-8(9)6-3-5(6)7/h5-8,10-11H,1-4H2. The molecule has 3 aliphatic carbocycles. The topological polar surface area (TPSA) is 40.5 Å². The SMILES string of the molecule is OCC1(O)C2CCC1C1CC12. The molecule has 11 heavy (non-hydrogen) atoms. The van der Waals surface area contributed by atoms with Gasteiger partial charge < -0.3 is 10.2 Å². The first-order valence-electron chi connectivity index (χ1n) is 4.60. The lowest BCUT2D eigenvalue weighted by atomic mass is 9.88. The third kappa shape index (κ3) is 0.541. The Bertz CT molecular complexity index is 186. The Morgan fingerprint density at radius 3 is 2.09 bits per heavy atom. The van der Waals surface area contributed by atoms with E-state index in [1.165, 1.54) is 6.42 Å². The van der Waals surface area contributed by atoms with Crippen molar-refractivity contribution in [1.82, 2.24) is 0 Å². The minimum absolute atomic E-state index is 0.00463. The van der Waals surface area contributed by atoms with Crippen molar-refractivity contribution in [3.63, 3.8) is 0 Å². The first-order chi connectivity index (χ1) is 5.27. The molecule has 2 heteroatoms. The van der Waals surface area contributed by atoms with Gasteiger partial charge in [-0.2, -0.15) is 0 Å². The number of hydrogen-bond acceptors (Lipinski definition) is 2. The average molecular weight is 154 g/mol. The van der Waals surface area contributed by atoms with Crippen LogP contribution in [0.25, 0.3) is 0 Å². The first-order valence-corrected chi connectivity index (χ1v) is 4.60. The normalized spacial score (nSPS) is 64.9. The minimum Gasteiger partial charge on any atom is -0.393 e. The quantitative estimate of drug-likeness (QED) is 0.573. The van der Waals surface area contributed by atoms with Gasteiger partial charge in [-0.15, -0.1) is 0 Å². The predicted octanol–water partition coefficient (Wildman–Crippen LogP) is 0.386. The van der Waals surface area contributed by atoms with Crippen molar-refractivity contribution >= 4 is 0 Å². The Labute approximate surface area is 66.2 Å². The lowest BCUT2D eigenvalue weighted by Gasteiger charge is -2.28. The third-order valence-corrected chi connectivity index (χ3v) is 4.25. The summed E-state index contributed by atoms with van der Waals surface area (Å²) < 4.78 is 0. The molecule has 3 saturated carbocycles. The lowest BCUT2D eigenvalue weighted by molar-refractivity contribution is -0.0643. The number of fused-ring (bicyclic) bond motifs is 5. The number of rotatable bonds is 1. The number of aliphatic hydroxyl groups is 2. The molecule has 0 aliphatic heterocycles. The zero-order valence-corrected chi connectivity index (χ0v) is 6.53. The van der Waals surface area contributed by atoms with Crippen LogP contribution in [0.3, 0.4) is 0 Å². The Morgan fingerprint density at radius 1 is 1.18 bits per heavy atom. The van der Waals surface area contributed by atoms with E-state index >= 15 is 0 Å². The molecule has 62 valence electrons. The molecule has 3 fully saturated rings. The molecule has 0 aromatic rings. The fraction of sp³-hybridized carbons (Fsp3) is 1.00. The summed E-state index contributed by atoms with van der Waals surface area (Å²) in [5, 5.41) is 19.1. The molecule has 0 radical (unpaired) electrons. The molecule has 0 heterocycles. The molecule has 3 aliphatic rings. The van der Waals surface area contributed by atoms with Gasteiger partial charge in [0.25, 0.3) is 0 Å². The van der Waals surface area contributed by atoms with Crippen LogP contribution >= 0.6 is 0 Å². The fourth-order valence-electron chi connectivity index (χ4n) is 3.70. The summed E-state index contributed by atoms with van der Waals surface area (Å²) in [5.41, 5.74) is -0.659. The Balaban J connectivity index is 1.99. The van der Waals surface area contributed by atoms with Crippen molar-refractivity contribution in [2.24, 2.45) is 23.7 Å². The van der Waals surface area contributed by atoms with Gasteiger partial charge in [-0.3, -0.25) is 0 Å². The van der Waals surface area contributed by atoms with Gasteiger partial charge in [0.1, 0.15) is 0 Å². The van der Waals surface area contributed by atoms with Crippen LogP contribution in [0, 0.1) is 23.7 Å². The van der Waals surface area contributed by atoms with Gasteiger partial charge in [0.05, 0.1) is 12.2 Å². The largest absolute Gasteiger partial charge is 0.393 e. The molecule has 0 aromatic carbocycles. The summed E-state index contributed by atoms with van der Waals surface area (Å²) in [4.78, 5) is 0. The highest BCUT2D eigenvalue weighted by Crippen LogP contribution is 2.69. The molecular formula is C9H14O2. The van der Waals surface area contributed by atoms with Gasteiger partial charge in [0.15, 0.2) is 0 Å². The molecule has 0 aromatic heterocycles. The van der Waals surface area contributed by atoms with Crippen molar-refractivity contribution < 1.29 is 10.2 Å². The van der Waals surface area contributed by atoms with Gasteiger partial charge in [0.2, 0.25) is 0 Å². The van der Waals surface area contributed by atoms with E-state index in [9.17, 15) is 5.11 Å². The van der Waals surface area contributed by atoms with E-state index in [1.54, 1.807) is 0 Å². The van der Waals surface area contributed by atoms with E-state index in [1.807, 2.05) is 0 Å². The molecule has 3 rings (SSSR count). The highest BCUT2D eigenvalue weighted by atomic mass is 16.3. The van der Waals surface area contributed by atoms with Gasteiger partial charge in [-0.1, -0.05) is 0 Å². The monoisotopic (exact) mass is 154 g/mol. The second-order valence-corrected chi connectivity index (χ2v) is 4.50. The third-order valence-electron chi connectivity index (χ3n) is 4.25. The number of aliphatic hydroxyl groups excluding tert-OH is 1. The van der Waals surface area contributed by atoms with Crippen molar-refractivity contribution in [2.45, 2.75) is 24.9 Å². The lowest BCUT2D eigenvalue weighted by Crippen LogP contribution is -2.40. The summed E-state index contributed by atoms with van der Waals surface area (Å²) in [7, 11) is 0. The van der Waals surface area contributed by atoms with E-state index in [2.05, 4.69) is 0 Å². The van der Waals surface area contributed by atoms with E-state index in [0.29, 0.717) is 11.8 Å². The van der Waals surface area contributed by atoms with Gasteiger partial charge in [-0.05, 0) is 42.9 Å². The zero-order chi connectivity index (χ0) is 7.64. The second kappa shape index (κ2) is 1.64. The van der Waals surface area contributed by atoms with Crippen LogP contribution < -0.4 is 0 Å². The summed E-state index contributed by atoms with van der Waals surface area (Å²) in [6.07, 6.45) is 3.64. The molecular weight excluding hydrogens is 140 g/mol. The second-order valence-electron chi connectivity index (χ2n) is 4.50. The van der Waals surface area contributed by atoms with Gasteiger partial charge >= 0.3 is 0 Å². The van der Waals surface area contributed by atoms with Crippen LogP contribution in [0.15, 0.2) is 0 Å². The van der Waals surface area contributed by atoms with Crippen molar-refractivity contribution in [3.8, 4) is 0 Å². The van der Waals surface area contributed by atoms with Gasteiger partial charge in [0, 0.05) is 0 Å². The Hall–Kier alpha value is -0.0800. The van der Waals surface area contributed by atoms with E-state index < -0.39 is 5.60 Å². The zero-order valence-electron chi connectivity index (χ0n) is 6.53. The van der Waals surface area contributed by atoms with Crippen LogP contribution in [-0.4, -0.2) is 22.4 Å². The average Bonchev–Trinajstić information content (AvgIpc) is 2.71. The van der Waals surface area contributed by atoms with E-state index in [4.69, 9.17) is 5.11 Å². The summed E-state index contributed by atoms with van der Waals surface area (Å²) in [5.74, 6) is 2.46. The predicted molar refractivity (Wildman–Crippen MR) is 39.8 cm³/mol. The summed E-state index contributed by atoms with van der Waals surface area (Å²) >= 11 is 0. The summed E-state index contributed by atoms with van der Waals surface area (Å²) in [6.45, 7) is -0.00463. The highest BCUT2D eigenvalue weighted by molar-refractivity contribution is 5.18. The van der Waals surface area contributed by atoms with Crippen LogP contribution in [0.2, 0.25) is 0 Å². The molecule has 2 nitrogen and oxygen atoms in total. The molecule has 4 atom stereocenters. The van der Waals surface area contributed by atoms with Crippen molar-refractivity contribution in [1.29, 1.82) is 0 Å². The van der Waals surface area contributed by atoms with E-state index in [-0.39, 0.29) is 6.61 Å². The van der Waals surface area contributed by atoms with Crippen LogP contribution in [0.4, 0.5) is 0 Å². The number of hydrogen-bond donors (Lipinski definition) is 2.